The predicted molar refractivity (Wildman–Crippen MR) is 76.8 cm³/mol. The molecule has 0 saturated carbocycles. The zero-order valence-electron chi connectivity index (χ0n) is 11.9. The molecule has 0 spiro atoms. The van der Waals surface area contributed by atoms with Crippen molar-refractivity contribution >= 4 is 17.3 Å². The topological polar surface area (TPSA) is 111 Å². The number of nitrogens with one attached hydrogen (secondary N) is 1. The van der Waals surface area contributed by atoms with Crippen LogP contribution in [0, 0.1) is 10.1 Å². The van der Waals surface area contributed by atoms with Crippen LogP contribution in [-0.2, 0) is 4.74 Å². The standard InChI is InChI=1S/C13H18N4O4/c1-8-6-16(7-9(2)21-8)13(18)10-3-4-12(17(19)20)11(5-10)15-14/h3-5,8-9,15H,6-7,14H2,1-2H3. The van der Waals surface area contributed by atoms with Crippen LogP contribution in [0.2, 0.25) is 0 Å². The van der Waals surface area contributed by atoms with Crippen molar-refractivity contribution in [3.05, 3.63) is 33.9 Å². The molecule has 1 aromatic rings. The van der Waals surface area contributed by atoms with Crippen LogP contribution in [0.5, 0.6) is 0 Å². The lowest BCUT2D eigenvalue weighted by atomic mass is 10.1. The molecule has 8 heteroatoms. The number of nitro groups is 1. The van der Waals surface area contributed by atoms with Crippen LogP contribution in [0.4, 0.5) is 11.4 Å². The van der Waals surface area contributed by atoms with E-state index in [4.69, 9.17) is 10.6 Å². The van der Waals surface area contributed by atoms with Gasteiger partial charge in [-0.3, -0.25) is 20.8 Å². The molecule has 2 atom stereocenters. The van der Waals surface area contributed by atoms with Gasteiger partial charge >= 0.3 is 0 Å². The number of nitro benzene ring substituents is 1. The average molecular weight is 294 g/mol. The first-order chi connectivity index (χ1) is 9.92. The van der Waals surface area contributed by atoms with Gasteiger partial charge in [0.25, 0.3) is 11.6 Å². The lowest BCUT2D eigenvalue weighted by Crippen LogP contribution is -2.48. The minimum atomic E-state index is -0.553. The van der Waals surface area contributed by atoms with Gasteiger partial charge in [0.05, 0.1) is 17.1 Å². The van der Waals surface area contributed by atoms with Crippen LogP contribution in [0.15, 0.2) is 18.2 Å². The lowest BCUT2D eigenvalue weighted by molar-refractivity contribution is -0.384. The molecule has 3 N–H and O–H groups in total. The number of benzene rings is 1. The molecule has 1 aromatic carbocycles. The number of nitrogen functional groups attached to an aromatic ring is 1. The Kier molecular flexibility index (Phi) is 4.39. The molecule has 2 rings (SSSR count). The molecule has 8 nitrogen and oxygen atoms in total. The summed E-state index contributed by atoms with van der Waals surface area (Å²) in [6, 6.07) is 4.10. The van der Waals surface area contributed by atoms with Crippen LogP contribution in [-0.4, -0.2) is 41.0 Å². The van der Waals surface area contributed by atoms with Gasteiger partial charge in [0.1, 0.15) is 5.69 Å². The third kappa shape index (κ3) is 3.29. The summed E-state index contributed by atoms with van der Waals surface area (Å²) in [5.74, 6) is 5.09. The summed E-state index contributed by atoms with van der Waals surface area (Å²) in [6.45, 7) is 4.79. The Hall–Kier alpha value is -2.19. The molecule has 1 fully saturated rings. The summed E-state index contributed by atoms with van der Waals surface area (Å²) >= 11 is 0. The van der Waals surface area contributed by atoms with Gasteiger partial charge in [0, 0.05) is 24.7 Å². The van der Waals surface area contributed by atoms with Gasteiger partial charge in [-0.25, -0.2) is 0 Å². The predicted octanol–water partition coefficient (Wildman–Crippen LogP) is 1.13. The lowest BCUT2D eigenvalue weighted by Gasteiger charge is -2.35. The number of ether oxygens (including phenoxy) is 1. The van der Waals surface area contributed by atoms with Gasteiger partial charge < -0.3 is 15.1 Å². The summed E-state index contributed by atoms with van der Waals surface area (Å²) in [6.07, 6.45) is -0.0781. The molecule has 0 aromatic heterocycles. The van der Waals surface area contributed by atoms with Gasteiger partial charge in [-0.2, -0.15) is 0 Å². The van der Waals surface area contributed by atoms with E-state index in [1.54, 1.807) is 4.90 Å². The quantitative estimate of drug-likeness (QED) is 0.491. The van der Waals surface area contributed by atoms with Crippen molar-refractivity contribution in [1.82, 2.24) is 4.90 Å². The average Bonchev–Trinajstić information content (AvgIpc) is 2.44. The molecule has 0 aliphatic carbocycles. The fraction of sp³-hybridized carbons (Fsp3) is 0.462. The van der Waals surface area contributed by atoms with Crippen LogP contribution < -0.4 is 11.3 Å². The van der Waals surface area contributed by atoms with E-state index in [9.17, 15) is 14.9 Å². The summed E-state index contributed by atoms with van der Waals surface area (Å²) in [7, 11) is 0. The highest BCUT2D eigenvalue weighted by atomic mass is 16.6. The maximum atomic E-state index is 12.5. The van der Waals surface area contributed by atoms with Gasteiger partial charge in [-0.05, 0) is 26.0 Å². The second-order valence-corrected chi connectivity index (χ2v) is 5.10. The van der Waals surface area contributed by atoms with E-state index in [-0.39, 0.29) is 29.5 Å². The Morgan fingerprint density at radius 3 is 2.57 bits per heavy atom. The van der Waals surface area contributed by atoms with Crippen molar-refractivity contribution in [2.24, 2.45) is 5.84 Å². The van der Waals surface area contributed by atoms with Crippen molar-refractivity contribution < 1.29 is 14.5 Å². The zero-order valence-corrected chi connectivity index (χ0v) is 11.9. The SMILES string of the molecule is CC1CN(C(=O)c2ccc([N+](=O)[O-])c(NN)c2)CC(C)O1. The number of morpholine rings is 1. The Balaban J connectivity index is 2.25. The molecule has 114 valence electrons. The maximum absolute atomic E-state index is 12.5. The first kappa shape index (κ1) is 15.2. The van der Waals surface area contributed by atoms with Crippen LogP contribution in [0.3, 0.4) is 0 Å². The van der Waals surface area contributed by atoms with Crippen molar-refractivity contribution in [1.29, 1.82) is 0 Å². The van der Waals surface area contributed by atoms with E-state index < -0.39 is 4.92 Å². The van der Waals surface area contributed by atoms with Crippen LogP contribution in [0.1, 0.15) is 24.2 Å². The summed E-state index contributed by atoms with van der Waals surface area (Å²) in [4.78, 5) is 24.4. The van der Waals surface area contributed by atoms with E-state index >= 15 is 0 Å². The third-order valence-corrected chi connectivity index (χ3v) is 3.30. The molecule has 1 aliphatic rings. The zero-order chi connectivity index (χ0) is 15.6. The van der Waals surface area contributed by atoms with Crippen molar-refractivity contribution in [2.45, 2.75) is 26.1 Å². The summed E-state index contributed by atoms with van der Waals surface area (Å²) in [5.41, 5.74) is 2.55. The smallest absolute Gasteiger partial charge is 0.293 e. The number of anilines is 1. The number of carbonyl (C=O) groups excluding carboxylic acids is 1. The molecule has 21 heavy (non-hydrogen) atoms. The summed E-state index contributed by atoms with van der Waals surface area (Å²) < 4.78 is 5.58. The van der Waals surface area contributed by atoms with E-state index in [0.717, 1.165) is 0 Å². The molecule has 0 bridgehead atoms. The monoisotopic (exact) mass is 294 g/mol. The normalized spacial score (nSPS) is 22.0. The van der Waals surface area contributed by atoms with Crippen molar-refractivity contribution in [3.8, 4) is 0 Å². The van der Waals surface area contributed by atoms with Gasteiger partial charge in [-0.15, -0.1) is 0 Å². The third-order valence-electron chi connectivity index (χ3n) is 3.30. The number of nitrogens with two attached hydrogens (primary N) is 1. The first-order valence-electron chi connectivity index (χ1n) is 6.62. The number of rotatable bonds is 3. The molecule has 1 amide bonds. The molecule has 1 aliphatic heterocycles. The second kappa shape index (κ2) is 6.06. The number of hydrogen-bond donors (Lipinski definition) is 2. The fourth-order valence-electron chi connectivity index (χ4n) is 2.47. The molecule has 1 saturated heterocycles. The highest BCUT2D eigenvalue weighted by molar-refractivity contribution is 5.96. The molecular formula is C13H18N4O4. The molecule has 0 radical (unpaired) electrons. The number of hydrazine groups is 1. The maximum Gasteiger partial charge on any atom is 0.293 e. The first-order valence-corrected chi connectivity index (χ1v) is 6.62. The van der Waals surface area contributed by atoms with Gasteiger partial charge in [-0.1, -0.05) is 0 Å². The Labute approximate surface area is 122 Å². The molecule has 1 heterocycles. The number of amides is 1. The Bertz CT molecular complexity index is 553. The largest absolute Gasteiger partial charge is 0.372 e. The number of carbonyl (C=O) groups is 1. The summed E-state index contributed by atoms with van der Waals surface area (Å²) in [5, 5.41) is 10.8. The minimum Gasteiger partial charge on any atom is -0.372 e. The second-order valence-electron chi connectivity index (χ2n) is 5.10. The van der Waals surface area contributed by atoms with E-state index in [0.29, 0.717) is 18.7 Å². The van der Waals surface area contributed by atoms with Crippen molar-refractivity contribution in [2.75, 3.05) is 18.5 Å². The highest BCUT2D eigenvalue weighted by Crippen LogP contribution is 2.25. The van der Waals surface area contributed by atoms with E-state index in [1.807, 2.05) is 13.8 Å². The molecular weight excluding hydrogens is 276 g/mol. The number of hydrogen-bond acceptors (Lipinski definition) is 6. The Morgan fingerprint density at radius 2 is 2.05 bits per heavy atom. The Morgan fingerprint density at radius 1 is 1.43 bits per heavy atom. The van der Waals surface area contributed by atoms with E-state index in [2.05, 4.69) is 5.43 Å². The number of nitrogens with zero attached hydrogens (tertiary/aromatic N) is 2. The fourth-order valence-corrected chi connectivity index (χ4v) is 2.47. The van der Waals surface area contributed by atoms with E-state index in [1.165, 1.54) is 18.2 Å². The minimum absolute atomic E-state index is 0.0390. The van der Waals surface area contributed by atoms with Gasteiger partial charge in [0.15, 0.2) is 0 Å². The highest BCUT2D eigenvalue weighted by Gasteiger charge is 2.27. The van der Waals surface area contributed by atoms with Crippen molar-refractivity contribution in [3.63, 3.8) is 0 Å². The molecule has 2 unspecified atom stereocenters. The van der Waals surface area contributed by atoms with Crippen LogP contribution in [0.25, 0.3) is 0 Å². The van der Waals surface area contributed by atoms with Crippen LogP contribution >= 0.6 is 0 Å². The van der Waals surface area contributed by atoms with Gasteiger partial charge in [0.2, 0.25) is 0 Å².